The molecule has 1 amide bonds. The van der Waals surface area contributed by atoms with Crippen molar-refractivity contribution in [2.45, 2.75) is 37.8 Å². The molecule has 3 aromatic rings. The largest absolute Gasteiger partial charge is 0.420 e. The van der Waals surface area contributed by atoms with Gasteiger partial charge in [0.15, 0.2) is 0 Å². The van der Waals surface area contributed by atoms with E-state index in [4.69, 9.17) is 16.0 Å². The lowest BCUT2D eigenvalue weighted by atomic mass is 9.82. The topological polar surface area (TPSA) is 80.9 Å². The van der Waals surface area contributed by atoms with Crippen LogP contribution in [0.25, 0.3) is 11.5 Å². The number of amides is 1. The van der Waals surface area contributed by atoms with Crippen LogP contribution in [0.4, 0.5) is 13.2 Å². The van der Waals surface area contributed by atoms with Gasteiger partial charge in [-0.3, -0.25) is 9.78 Å². The fraction of sp³-hybridized carbons (Fsp3) is 0.364. The van der Waals surface area contributed by atoms with Crippen LogP contribution in [0.2, 0.25) is 5.02 Å². The summed E-state index contributed by atoms with van der Waals surface area (Å²) in [6.45, 7) is 0.439. The molecule has 1 saturated carbocycles. The molecule has 0 radical (unpaired) electrons. The number of carbonyl (C=O) groups is 1. The van der Waals surface area contributed by atoms with Gasteiger partial charge in [-0.15, -0.1) is 10.2 Å². The lowest BCUT2D eigenvalue weighted by molar-refractivity contribution is -0.137. The number of alkyl halides is 3. The Hall–Kier alpha value is -2.94. The van der Waals surface area contributed by atoms with Crippen molar-refractivity contribution in [3.63, 3.8) is 0 Å². The van der Waals surface area contributed by atoms with E-state index in [9.17, 15) is 18.0 Å². The summed E-state index contributed by atoms with van der Waals surface area (Å²) in [7, 11) is 0. The van der Waals surface area contributed by atoms with Gasteiger partial charge in [0.1, 0.15) is 5.69 Å². The minimum Gasteiger partial charge on any atom is -0.420 e. The molecule has 1 aliphatic carbocycles. The molecule has 0 bridgehead atoms. The first-order valence-electron chi connectivity index (χ1n) is 10.2. The van der Waals surface area contributed by atoms with E-state index in [0.29, 0.717) is 29.5 Å². The molecule has 0 unspecified atom stereocenters. The van der Waals surface area contributed by atoms with E-state index in [0.717, 1.165) is 43.4 Å². The third-order valence-electron chi connectivity index (χ3n) is 5.60. The summed E-state index contributed by atoms with van der Waals surface area (Å²) in [5.74, 6) is 1.00. The third kappa shape index (κ3) is 5.27. The van der Waals surface area contributed by atoms with Gasteiger partial charge in [-0.25, -0.2) is 0 Å². The Kier molecular flexibility index (Phi) is 6.45. The van der Waals surface area contributed by atoms with Gasteiger partial charge >= 0.3 is 6.18 Å². The minimum atomic E-state index is -4.48. The van der Waals surface area contributed by atoms with Gasteiger partial charge in [0.25, 0.3) is 5.91 Å². The Morgan fingerprint density at radius 3 is 2.41 bits per heavy atom. The van der Waals surface area contributed by atoms with Gasteiger partial charge in [0.05, 0.1) is 5.56 Å². The van der Waals surface area contributed by atoms with Crippen LogP contribution in [0.5, 0.6) is 0 Å². The second-order valence-electron chi connectivity index (χ2n) is 7.81. The highest BCUT2D eigenvalue weighted by Crippen LogP contribution is 2.36. The SMILES string of the molecule is O=C(NC[C@H]1CC[C@H](c2nnc(-c3ccc(Cl)cc3)o2)CC1)c1ccc(C(F)(F)F)cn1. The number of benzene rings is 1. The third-order valence-corrected chi connectivity index (χ3v) is 5.85. The molecule has 32 heavy (non-hydrogen) atoms. The van der Waals surface area contributed by atoms with Gasteiger partial charge in [0, 0.05) is 29.2 Å². The molecule has 168 valence electrons. The predicted molar refractivity (Wildman–Crippen MR) is 111 cm³/mol. The molecular weight excluding hydrogens is 445 g/mol. The first-order chi connectivity index (χ1) is 15.3. The highest BCUT2D eigenvalue weighted by molar-refractivity contribution is 6.30. The summed E-state index contributed by atoms with van der Waals surface area (Å²) in [4.78, 5) is 15.8. The normalized spacial score (nSPS) is 19.0. The molecule has 1 aliphatic rings. The molecule has 2 heterocycles. The van der Waals surface area contributed by atoms with Crippen molar-refractivity contribution < 1.29 is 22.4 Å². The molecule has 1 aromatic carbocycles. The van der Waals surface area contributed by atoms with Crippen molar-refractivity contribution in [1.29, 1.82) is 0 Å². The number of nitrogens with one attached hydrogen (secondary N) is 1. The van der Waals surface area contributed by atoms with Gasteiger partial charge in [-0.05, 0) is 68.0 Å². The zero-order chi connectivity index (χ0) is 22.7. The summed E-state index contributed by atoms with van der Waals surface area (Å²) in [6.07, 6.45) is -0.381. The number of pyridine rings is 1. The maximum Gasteiger partial charge on any atom is 0.417 e. The predicted octanol–water partition coefficient (Wildman–Crippen LogP) is 5.51. The maximum atomic E-state index is 12.6. The Morgan fingerprint density at radius 1 is 1.06 bits per heavy atom. The van der Waals surface area contributed by atoms with Crippen molar-refractivity contribution in [2.24, 2.45) is 5.92 Å². The summed E-state index contributed by atoms with van der Waals surface area (Å²) in [6, 6.07) is 9.12. The molecule has 1 fully saturated rings. The molecule has 0 atom stereocenters. The van der Waals surface area contributed by atoms with Crippen molar-refractivity contribution in [1.82, 2.24) is 20.5 Å². The lowest BCUT2D eigenvalue weighted by Gasteiger charge is -2.26. The average Bonchev–Trinajstić information content (AvgIpc) is 3.28. The van der Waals surface area contributed by atoms with E-state index in [1.54, 1.807) is 12.1 Å². The van der Waals surface area contributed by atoms with Crippen LogP contribution in [0, 0.1) is 5.92 Å². The standard InChI is InChI=1S/C22H20ClF3N4O2/c23-17-8-5-15(6-9-17)21-30-29-20(32-21)14-3-1-13(2-4-14)11-28-19(31)18-10-7-16(12-27-18)22(24,25)26/h5-10,12-14H,1-4,11H2,(H,28,31)/t13-,14-. The van der Waals surface area contributed by atoms with Crippen LogP contribution in [0.15, 0.2) is 47.0 Å². The van der Waals surface area contributed by atoms with E-state index in [1.807, 2.05) is 12.1 Å². The van der Waals surface area contributed by atoms with Crippen LogP contribution in [0.3, 0.4) is 0 Å². The van der Waals surface area contributed by atoms with E-state index in [1.165, 1.54) is 0 Å². The van der Waals surface area contributed by atoms with Gasteiger partial charge in [0.2, 0.25) is 11.8 Å². The van der Waals surface area contributed by atoms with Crippen LogP contribution in [-0.2, 0) is 6.18 Å². The molecule has 4 rings (SSSR count). The zero-order valence-corrected chi connectivity index (χ0v) is 17.7. The highest BCUT2D eigenvalue weighted by atomic mass is 35.5. The molecule has 10 heteroatoms. The quantitative estimate of drug-likeness (QED) is 0.538. The van der Waals surface area contributed by atoms with Crippen LogP contribution < -0.4 is 5.32 Å². The summed E-state index contributed by atoms with van der Waals surface area (Å²) < 4.78 is 43.7. The summed E-state index contributed by atoms with van der Waals surface area (Å²) in [5, 5.41) is 11.7. The number of nitrogens with zero attached hydrogens (tertiary/aromatic N) is 3. The smallest absolute Gasteiger partial charge is 0.417 e. The number of carbonyl (C=O) groups excluding carboxylic acids is 1. The zero-order valence-electron chi connectivity index (χ0n) is 16.9. The Balaban J connectivity index is 1.26. The van der Waals surface area contributed by atoms with Crippen molar-refractivity contribution >= 4 is 17.5 Å². The first kappa shape index (κ1) is 22.3. The second-order valence-corrected chi connectivity index (χ2v) is 8.25. The first-order valence-corrected chi connectivity index (χ1v) is 10.6. The molecular formula is C22H20ClF3N4O2. The second kappa shape index (κ2) is 9.28. The molecule has 0 aliphatic heterocycles. The summed E-state index contributed by atoms with van der Waals surface area (Å²) >= 11 is 5.91. The minimum absolute atomic E-state index is 0.0349. The fourth-order valence-corrected chi connectivity index (χ4v) is 3.87. The molecule has 2 aromatic heterocycles. The maximum absolute atomic E-state index is 12.6. The number of rotatable bonds is 5. The van der Waals surface area contributed by atoms with E-state index in [2.05, 4.69) is 20.5 Å². The van der Waals surface area contributed by atoms with Gasteiger partial charge in [-0.2, -0.15) is 13.2 Å². The van der Waals surface area contributed by atoms with Crippen LogP contribution in [0.1, 0.15) is 53.5 Å². The highest BCUT2D eigenvalue weighted by Gasteiger charge is 2.31. The molecule has 6 nitrogen and oxygen atoms in total. The summed E-state index contributed by atoms with van der Waals surface area (Å²) in [5.41, 5.74) is -0.110. The van der Waals surface area contributed by atoms with E-state index < -0.39 is 17.6 Å². The van der Waals surface area contributed by atoms with Crippen LogP contribution in [-0.4, -0.2) is 27.6 Å². The Bertz CT molecular complexity index is 1060. The van der Waals surface area contributed by atoms with E-state index in [-0.39, 0.29) is 17.5 Å². The van der Waals surface area contributed by atoms with Gasteiger partial charge < -0.3 is 9.73 Å². The van der Waals surface area contributed by atoms with Crippen molar-refractivity contribution in [2.75, 3.05) is 6.54 Å². The number of aromatic nitrogens is 3. The fourth-order valence-electron chi connectivity index (χ4n) is 3.75. The lowest BCUT2D eigenvalue weighted by Crippen LogP contribution is -2.31. The number of hydrogen-bond acceptors (Lipinski definition) is 5. The van der Waals surface area contributed by atoms with E-state index >= 15 is 0 Å². The molecule has 1 N–H and O–H groups in total. The van der Waals surface area contributed by atoms with Crippen molar-refractivity contribution in [3.05, 3.63) is 64.8 Å². The number of halogens is 4. The average molecular weight is 465 g/mol. The number of hydrogen-bond donors (Lipinski definition) is 1. The Labute approximate surface area is 187 Å². The van der Waals surface area contributed by atoms with Crippen LogP contribution >= 0.6 is 11.6 Å². The monoisotopic (exact) mass is 464 g/mol. The Morgan fingerprint density at radius 2 is 1.78 bits per heavy atom. The molecule has 0 saturated heterocycles. The van der Waals surface area contributed by atoms with Gasteiger partial charge in [-0.1, -0.05) is 11.6 Å². The molecule has 0 spiro atoms. The van der Waals surface area contributed by atoms with Crippen molar-refractivity contribution in [3.8, 4) is 11.5 Å².